The van der Waals surface area contributed by atoms with Crippen LogP contribution in [0, 0.1) is 0 Å². The minimum Gasteiger partial charge on any atom is -0.287 e. The van der Waals surface area contributed by atoms with E-state index in [1.165, 1.54) is 4.70 Å². The lowest BCUT2D eigenvalue weighted by atomic mass is 10.5. The van der Waals surface area contributed by atoms with Crippen LogP contribution in [-0.2, 0) is 0 Å². The van der Waals surface area contributed by atoms with Crippen LogP contribution in [-0.4, -0.2) is 10.5 Å². The highest BCUT2D eigenvalue weighted by molar-refractivity contribution is 7.17. The Labute approximate surface area is 68.1 Å². The summed E-state index contributed by atoms with van der Waals surface area (Å²) in [4.78, 5) is 11.0. The first kappa shape index (κ1) is 6.61. The van der Waals surface area contributed by atoms with Crippen LogP contribution >= 0.6 is 11.3 Å². The molecule has 3 heteroatoms. The SMILES string of the molecule is CC(=O)n1ccc2sccc21. The van der Waals surface area contributed by atoms with Gasteiger partial charge in [-0.2, -0.15) is 0 Å². The number of aromatic nitrogens is 1. The molecule has 2 aromatic heterocycles. The summed E-state index contributed by atoms with van der Waals surface area (Å²) in [7, 11) is 0. The summed E-state index contributed by atoms with van der Waals surface area (Å²) < 4.78 is 2.83. The van der Waals surface area contributed by atoms with Gasteiger partial charge in [0.2, 0.25) is 5.91 Å². The zero-order valence-electron chi connectivity index (χ0n) is 6.07. The summed E-state index contributed by atoms with van der Waals surface area (Å²) >= 11 is 1.65. The molecular weight excluding hydrogens is 158 g/mol. The van der Waals surface area contributed by atoms with Crippen LogP contribution in [0.15, 0.2) is 23.7 Å². The molecule has 0 aliphatic rings. The second kappa shape index (κ2) is 2.20. The van der Waals surface area contributed by atoms with Crippen LogP contribution in [0.1, 0.15) is 11.7 Å². The molecule has 0 amide bonds. The van der Waals surface area contributed by atoms with Gasteiger partial charge in [0, 0.05) is 13.1 Å². The van der Waals surface area contributed by atoms with Crippen molar-refractivity contribution in [2.24, 2.45) is 0 Å². The highest BCUT2D eigenvalue weighted by Crippen LogP contribution is 2.21. The Morgan fingerprint density at radius 2 is 2.36 bits per heavy atom. The number of rotatable bonds is 0. The monoisotopic (exact) mass is 165 g/mol. The molecule has 0 saturated carbocycles. The Morgan fingerprint density at radius 3 is 3.09 bits per heavy atom. The van der Waals surface area contributed by atoms with Crippen molar-refractivity contribution in [3.05, 3.63) is 23.7 Å². The fourth-order valence-corrected chi connectivity index (χ4v) is 1.91. The van der Waals surface area contributed by atoms with E-state index in [0.717, 1.165) is 5.52 Å². The molecule has 0 unspecified atom stereocenters. The number of carbonyl (C=O) groups excluding carboxylic acids is 1. The summed E-state index contributed by atoms with van der Waals surface area (Å²) in [5, 5.41) is 1.99. The maximum atomic E-state index is 11.0. The lowest BCUT2D eigenvalue weighted by Crippen LogP contribution is -2.01. The van der Waals surface area contributed by atoms with Gasteiger partial charge in [0.1, 0.15) is 0 Å². The molecule has 0 aromatic carbocycles. The second-order valence-corrected chi connectivity index (χ2v) is 3.32. The first-order valence-corrected chi connectivity index (χ1v) is 4.22. The third kappa shape index (κ3) is 0.886. The Morgan fingerprint density at radius 1 is 1.55 bits per heavy atom. The maximum absolute atomic E-state index is 11.0. The summed E-state index contributed by atoms with van der Waals surface area (Å²) in [6.07, 6.45) is 1.81. The molecule has 56 valence electrons. The second-order valence-electron chi connectivity index (χ2n) is 2.37. The molecule has 0 saturated heterocycles. The van der Waals surface area contributed by atoms with Gasteiger partial charge < -0.3 is 0 Å². The van der Waals surface area contributed by atoms with E-state index in [-0.39, 0.29) is 5.91 Å². The van der Waals surface area contributed by atoms with Crippen molar-refractivity contribution in [3.63, 3.8) is 0 Å². The zero-order chi connectivity index (χ0) is 7.84. The van der Waals surface area contributed by atoms with E-state index in [9.17, 15) is 4.79 Å². The van der Waals surface area contributed by atoms with Gasteiger partial charge in [-0.25, -0.2) is 0 Å². The summed E-state index contributed by atoms with van der Waals surface area (Å²) in [6, 6.07) is 3.92. The molecule has 2 nitrogen and oxygen atoms in total. The van der Waals surface area contributed by atoms with E-state index in [0.29, 0.717) is 0 Å². The zero-order valence-corrected chi connectivity index (χ0v) is 6.89. The number of fused-ring (bicyclic) bond motifs is 1. The van der Waals surface area contributed by atoms with Crippen LogP contribution < -0.4 is 0 Å². The molecule has 0 radical (unpaired) electrons. The van der Waals surface area contributed by atoms with Crippen LogP contribution in [0.5, 0.6) is 0 Å². The van der Waals surface area contributed by atoms with E-state index in [1.807, 2.05) is 23.7 Å². The highest BCUT2D eigenvalue weighted by Gasteiger charge is 2.03. The normalized spacial score (nSPS) is 10.6. The van der Waals surface area contributed by atoms with Crippen LogP contribution in [0.2, 0.25) is 0 Å². The molecule has 0 bridgehead atoms. The number of hydrogen-bond donors (Lipinski definition) is 0. The van der Waals surface area contributed by atoms with E-state index in [4.69, 9.17) is 0 Å². The number of thiophene rings is 1. The van der Waals surface area contributed by atoms with Crippen molar-refractivity contribution in [2.75, 3.05) is 0 Å². The summed E-state index contributed by atoms with van der Waals surface area (Å²) in [5.74, 6) is 0.0680. The van der Waals surface area contributed by atoms with Crippen LogP contribution in [0.4, 0.5) is 0 Å². The van der Waals surface area contributed by atoms with Crippen molar-refractivity contribution in [1.29, 1.82) is 0 Å². The number of carbonyl (C=O) groups is 1. The maximum Gasteiger partial charge on any atom is 0.227 e. The van der Waals surface area contributed by atoms with Crippen molar-refractivity contribution in [1.82, 2.24) is 4.57 Å². The third-order valence-electron chi connectivity index (χ3n) is 1.65. The van der Waals surface area contributed by atoms with E-state index in [2.05, 4.69) is 0 Å². The minimum absolute atomic E-state index is 0.0680. The molecule has 2 heterocycles. The standard InChI is InChI=1S/C8H7NOS/c1-6(10)9-4-2-8-7(9)3-5-11-8/h2-5H,1H3. The predicted octanol–water partition coefficient (Wildman–Crippen LogP) is 2.36. The molecule has 0 N–H and O–H groups in total. The quantitative estimate of drug-likeness (QED) is 0.587. The van der Waals surface area contributed by atoms with Gasteiger partial charge in [-0.3, -0.25) is 9.36 Å². The van der Waals surface area contributed by atoms with E-state index >= 15 is 0 Å². The van der Waals surface area contributed by atoms with Crippen molar-refractivity contribution in [2.45, 2.75) is 6.92 Å². The average molecular weight is 165 g/mol. The van der Waals surface area contributed by atoms with Crippen LogP contribution in [0.3, 0.4) is 0 Å². The molecule has 0 spiro atoms. The Bertz CT molecular complexity index is 399. The Balaban J connectivity index is 2.78. The summed E-state index contributed by atoms with van der Waals surface area (Å²) in [6.45, 7) is 1.57. The summed E-state index contributed by atoms with van der Waals surface area (Å²) in [5.41, 5.74) is 1.02. The molecule has 11 heavy (non-hydrogen) atoms. The van der Waals surface area contributed by atoms with Gasteiger partial charge in [0.25, 0.3) is 0 Å². The van der Waals surface area contributed by atoms with Gasteiger partial charge in [-0.1, -0.05) is 0 Å². The minimum atomic E-state index is 0.0680. The van der Waals surface area contributed by atoms with Gasteiger partial charge in [0.15, 0.2) is 0 Å². The largest absolute Gasteiger partial charge is 0.287 e. The van der Waals surface area contributed by atoms with Crippen molar-refractivity contribution < 1.29 is 4.79 Å². The molecule has 0 fully saturated rings. The lowest BCUT2D eigenvalue weighted by molar-refractivity contribution is 0.0942. The molecule has 0 aliphatic carbocycles. The average Bonchev–Trinajstić information content (AvgIpc) is 2.41. The van der Waals surface area contributed by atoms with E-state index in [1.54, 1.807) is 22.8 Å². The van der Waals surface area contributed by atoms with Gasteiger partial charge in [-0.05, 0) is 17.5 Å². The Hall–Kier alpha value is -1.09. The van der Waals surface area contributed by atoms with Gasteiger partial charge >= 0.3 is 0 Å². The molecule has 0 atom stereocenters. The molecule has 2 aromatic rings. The number of hydrogen-bond acceptors (Lipinski definition) is 2. The van der Waals surface area contributed by atoms with E-state index < -0.39 is 0 Å². The fourth-order valence-electron chi connectivity index (χ4n) is 1.14. The lowest BCUT2D eigenvalue weighted by Gasteiger charge is -1.93. The smallest absolute Gasteiger partial charge is 0.227 e. The topological polar surface area (TPSA) is 22.0 Å². The number of nitrogens with zero attached hydrogens (tertiary/aromatic N) is 1. The van der Waals surface area contributed by atoms with Gasteiger partial charge in [0.05, 0.1) is 10.2 Å². The first-order valence-electron chi connectivity index (χ1n) is 3.34. The highest BCUT2D eigenvalue weighted by atomic mass is 32.1. The predicted molar refractivity (Wildman–Crippen MR) is 46.1 cm³/mol. The third-order valence-corrected chi connectivity index (χ3v) is 2.52. The molecule has 2 rings (SSSR count). The van der Waals surface area contributed by atoms with Gasteiger partial charge in [-0.15, -0.1) is 11.3 Å². The van der Waals surface area contributed by atoms with Crippen molar-refractivity contribution in [3.8, 4) is 0 Å². The Kier molecular flexibility index (Phi) is 1.32. The fraction of sp³-hybridized carbons (Fsp3) is 0.125. The van der Waals surface area contributed by atoms with Crippen LogP contribution in [0.25, 0.3) is 10.2 Å². The molecular formula is C8H7NOS. The molecule has 0 aliphatic heterocycles. The van der Waals surface area contributed by atoms with Crippen molar-refractivity contribution >= 4 is 27.5 Å². The first-order chi connectivity index (χ1) is 5.29.